The molecule has 0 N–H and O–H groups in total. The fourth-order valence-electron chi connectivity index (χ4n) is 1.49. The average Bonchev–Trinajstić information content (AvgIpc) is 3.06. The first kappa shape index (κ1) is 11.9. The summed E-state index contributed by atoms with van der Waals surface area (Å²) in [4.78, 5) is 4.10. The molecule has 3 rings (SSSR count). The molecule has 1 aromatic carbocycles. The van der Waals surface area contributed by atoms with Crippen molar-refractivity contribution in [1.82, 2.24) is 20.3 Å². The van der Waals surface area contributed by atoms with Crippen LogP contribution in [-0.2, 0) is 5.75 Å². The summed E-state index contributed by atoms with van der Waals surface area (Å²) in [5, 5.41) is 12.2. The van der Waals surface area contributed by atoms with Gasteiger partial charge in [0.1, 0.15) is 0 Å². The lowest BCUT2D eigenvalue weighted by Crippen LogP contribution is -1.80. The Labute approximate surface area is 113 Å². The van der Waals surface area contributed by atoms with Gasteiger partial charge in [-0.05, 0) is 19.1 Å². The van der Waals surface area contributed by atoms with E-state index in [0.29, 0.717) is 28.6 Å². The summed E-state index contributed by atoms with van der Waals surface area (Å²) in [6.07, 6.45) is 0. The van der Waals surface area contributed by atoms with E-state index in [2.05, 4.69) is 20.3 Å². The Bertz CT molecular complexity index is 665. The van der Waals surface area contributed by atoms with Crippen LogP contribution in [-0.4, -0.2) is 20.3 Å². The summed E-state index contributed by atoms with van der Waals surface area (Å²) in [6, 6.07) is 9.63. The molecule has 0 saturated carbocycles. The van der Waals surface area contributed by atoms with E-state index in [1.165, 1.54) is 11.8 Å². The molecule has 2 heterocycles. The van der Waals surface area contributed by atoms with Crippen LogP contribution >= 0.6 is 11.8 Å². The Morgan fingerprint density at radius 3 is 2.74 bits per heavy atom. The molecule has 0 atom stereocenters. The summed E-state index contributed by atoms with van der Waals surface area (Å²) in [5.74, 6) is 2.18. The van der Waals surface area contributed by atoms with E-state index in [9.17, 15) is 0 Å². The first-order valence-corrected chi connectivity index (χ1v) is 6.61. The van der Waals surface area contributed by atoms with Crippen molar-refractivity contribution in [2.75, 3.05) is 0 Å². The van der Waals surface area contributed by atoms with E-state index < -0.39 is 0 Å². The highest BCUT2D eigenvalue weighted by Gasteiger charge is 2.10. The van der Waals surface area contributed by atoms with Gasteiger partial charge in [0, 0.05) is 5.56 Å². The molecule has 7 heteroatoms. The molecule has 0 spiro atoms. The molecule has 0 unspecified atom stereocenters. The molecule has 2 aromatic heterocycles. The molecular weight excluding hydrogens is 264 g/mol. The third kappa shape index (κ3) is 2.82. The lowest BCUT2D eigenvalue weighted by molar-refractivity contribution is 0.386. The molecule has 19 heavy (non-hydrogen) atoms. The van der Waals surface area contributed by atoms with Gasteiger partial charge in [-0.2, -0.15) is 4.98 Å². The maximum atomic E-state index is 5.55. The molecule has 0 saturated heterocycles. The number of aromatic nitrogens is 4. The number of thioether (sulfide) groups is 1. The molecule has 0 aliphatic heterocycles. The SMILES string of the molecule is Cc1noc(CSc2nnc(-c3ccccc3)o2)n1. The number of aryl methyl sites for hydroxylation is 1. The molecule has 96 valence electrons. The van der Waals surface area contributed by atoms with Crippen LogP contribution in [0.2, 0.25) is 0 Å². The topological polar surface area (TPSA) is 77.8 Å². The van der Waals surface area contributed by atoms with Gasteiger partial charge in [-0.1, -0.05) is 35.1 Å². The minimum atomic E-state index is 0.481. The molecule has 6 nitrogen and oxygen atoms in total. The number of rotatable bonds is 4. The third-order valence-corrected chi connectivity index (χ3v) is 3.12. The summed E-state index contributed by atoms with van der Waals surface area (Å²) >= 11 is 1.37. The van der Waals surface area contributed by atoms with E-state index in [0.717, 1.165) is 5.56 Å². The van der Waals surface area contributed by atoms with Gasteiger partial charge in [0.25, 0.3) is 5.22 Å². The number of hydrogen-bond acceptors (Lipinski definition) is 7. The zero-order chi connectivity index (χ0) is 13.1. The fraction of sp³-hybridized carbons (Fsp3) is 0.167. The Morgan fingerprint density at radius 2 is 2.00 bits per heavy atom. The van der Waals surface area contributed by atoms with Crippen LogP contribution < -0.4 is 0 Å². The van der Waals surface area contributed by atoms with Gasteiger partial charge in [-0.15, -0.1) is 10.2 Å². The molecule has 3 aromatic rings. The summed E-state index contributed by atoms with van der Waals surface area (Å²) < 4.78 is 10.6. The standard InChI is InChI=1S/C12H10N4O2S/c1-8-13-10(18-16-8)7-19-12-15-14-11(17-12)9-5-3-2-4-6-9/h2-6H,7H2,1H3. The lowest BCUT2D eigenvalue weighted by Gasteiger charge is -1.92. The van der Waals surface area contributed by atoms with Crippen LogP contribution in [0.1, 0.15) is 11.7 Å². The Kier molecular flexibility index (Phi) is 3.28. The summed E-state index contributed by atoms with van der Waals surface area (Å²) in [5.41, 5.74) is 0.899. The van der Waals surface area contributed by atoms with E-state index in [4.69, 9.17) is 8.94 Å². The van der Waals surface area contributed by atoms with Crippen molar-refractivity contribution in [1.29, 1.82) is 0 Å². The van der Waals surface area contributed by atoms with Crippen LogP contribution in [0.25, 0.3) is 11.5 Å². The first-order chi connectivity index (χ1) is 9.31. The van der Waals surface area contributed by atoms with Gasteiger partial charge >= 0.3 is 0 Å². The van der Waals surface area contributed by atoms with Crippen molar-refractivity contribution >= 4 is 11.8 Å². The van der Waals surface area contributed by atoms with Crippen molar-refractivity contribution in [3.8, 4) is 11.5 Å². The first-order valence-electron chi connectivity index (χ1n) is 5.62. The molecule has 0 aliphatic carbocycles. The maximum absolute atomic E-state index is 5.55. The Morgan fingerprint density at radius 1 is 1.16 bits per heavy atom. The zero-order valence-electron chi connectivity index (χ0n) is 10.1. The fourth-order valence-corrected chi connectivity index (χ4v) is 2.09. The molecule has 0 aliphatic rings. The third-order valence-electron chi connectivity index (χ3n) is 2.32. The van der Waals surface area contributed by atoms with E-state index in [1.54, 1.807) is 6.92 Å². The van der Waals surface area contributed by atoms with Crippen molar-refractivity contribution in [3.05, 3.63) is 42.0 Å². The smallest absolute Gasteiger partial charge is 0.277 e. The second kappa shape index (κ2) is 5.23. The molecule has 0 bridgehead atoms. The van der Waals surface area contributed by atoms with Gasteiger partial charge in [0.05, 0.1) is 5.75 Å². The highest BCUT2D eigenvalue weighted by atomic mass is 32.2. The quantitative estimate of drug-likeness (QED) is 0.677. The predicted molar refractivity (Wildman–Crippen MR) is 68.3 cm³/mol. The summed E-state index contributed by atoms with van der Waals surface area (Å²) in [7, 11) is 0. The largest absolute Gasteiger partial charge is 0.411 e. The maximum Gasteiger partial charge on any atom is 0.277 e. The molecule has 0 fully saturated rings. The van der Waals surface area contributed by atoms with Crippen LogP contribution in [0, 0.1) is 6.92 Å². The molecule has 0 radical (unpaired) electrons. The van der Waals surface area contributed by atoms with Crippen LogP contribution in [0.3, 0.4) is 0 Å². The highest BCUT2D eigenvalue weighted by molar-refractivity contribution is 7.98. The normalized spacial score (nSPS) is 10.8. The van der Waals surface area contributed by atoms with Crippen molar-refractivity contribution in [2.45, 2.75) is 17.9 Å². The van der Waals surface area contributed by atoms with Crippen LogP contribution in [0.5, 0.6) is 0 Å². The summed E-state index contributed by atoms with van der Waals surface area (Å²) in [6.45, 7) is 1.78. The Balaban J connectivity index is 1.68. The van der Waals surface area contributed by atoms with Crippen LogP contribution in [0.15, 0.2) is 44.5 Å². The number of nitrogens with zero attached hydrogens (tertiary/aromatic N) is 4. The van der Waals surface area contributed by atoms with Gasteiger partial charge in [-0.3, -0.25) is 0 Å². The minimum Gasteiger partial charge on any atom is -0.411 e. The Hall–Kier alpha value is -2.15. The number of benzene rings is 1. The van der Waals surface area contributed by atoms with Crippen LogP contribution in [0.4, 0.5) is 0 Å². The van der Waals surface area contributed by atoms with Crippen molar-refractivity contribution < 1.29 is 8.94 Å². The van der Waals surface area contributed by atoms with Crippen molar-refractivity contribution in [2.24, 2.45) is 0 Å². The second-order valence-corrected chi connectivity index (χ2v) is 4.69. The van der Waals surface area contributed by atoms with E-state index in [1.807, 2.05) is 30.3 Å². The van der Waals surface area contributed by atoms with Crippen molar-refractivity contribution in [3.63, 3.8) is 0 Å². The average molecular weight is 274 g/mol. The lowest BCUT2D eigenvalue weighted by atomic mass is 10.2. The minimum absolute atomic E-state index is 0.481. The van der Waals surface area contributed by atoms with Gasteiger partial charge in [0.2, 0.25) is 11.8 Å². The predicted octanol–water partition coefficient (Wildman–Crippen LogP) is 2.72. The van der Waals surface area contributed by atoms with Gasteiger partial charge < -0.3 is 8.94 Å². The second-order valence-electron chi connectivity index (χ2n) is 3.76. The molecular formula is C12H10N4O2S. The van der Waals surface area contributed by atoms with E-state index in [-0.39, 0.29) is 0 Å². The highest BCUT2D eigenvalue weighted by Crippen LogP contribution is 2.24. The van der Waals surface area contributed by atoms with Gasteiger partial charge in [0.15, 0.2) is 5.82 Å². The monoisotopic (exact) mass is 274 g/mol. The van der Waals surface area contributed by atoms with Gasteiger partial charge in [-0.25, -0.2) is 0 Å². The number of hydrogen-bond donors (Lipinski definition) is 0. The van der Waals surface area contributed by atoms with E-state index >= 15 is 0 Å². The zero-order valence-corrected chi connectivity index (χ0v) is 10.9. The molecule has 0 amide bonds.